The number of nitrogens with one attached hydrogen (secondary N) is 1. The average Bonchev–Trinajstić information content (AvgIpc) is 3.08. The number of rotatable bonds is 6. The van der Waals surface area contributed by atoms with Crippen molar-refractivity contribution in [3.63, 3.8) is 0 Å². The third-order valence-corrected chi connectivity index (χ3v) is 6.27. The Morgan fingerprint density at radius 3 is 2.29 bits per heavy atom. The zero-order chi connectivity index (χ0) is 20.5. The number of sulfonamides is 1. The molecule has 1 heterocycles. The molecule has 0 spiro atoms. The molecule has 1 fully saturated rings. The summed E-state index contributed by atoms with van der Waals surface area (Å²) in [4.78, 5) is 13.8. The molecular weight excluding hydrogens is 380 g/mol. The Kier molecular flexibility index (Phi) is 5.51. The van der Waals surface area contributed by atoms with Gasteiger partial charge in [0.05, 0.1) is 25.6 Å². The van der Waals surface area contributed by atoms with Gasteiger partial charge in [0.1, 0.15) is 16.4 Å². The summed E-state index contributed by atoms with van der Waals surface area (Å²) in [6.07, 6.45) is 1.23. The number of ether oxygens (including phenoxy) is 2. The van der Waals surface area contributed by atoms with Crippen molar-refractivity contribution in [3.05, 3.63) is 41.5 Å². The number of nitrogens with zero attached hydrogens (tertiary/aromatic N) is 1. The van der Waals surface area contributed by atoms with Crippen LogP contribution in [0.25, 0.3) is 0 Å². The van der Waals surface area contributed by atoms with Gasteiger partial charge in [-0.3, -0.25) is 9.52 Å². The predicted molar refractivity (Wildman–Crippen MR) is 108 cm³/mol. The topological polar surface area (TPSA) is 84.9 Å². The Balaban J connectivity index is 1.99. The van der Waals surface area contributed by atoms with Gasteiger partial charge in [0.2, 0.25) is 5.91 Å². The van der Waals surface area contributed by atoms with E-state index in [4.69, 9.17) is 9.47 Å². The highest BCUT2D eigenvalue weighted by atomic mass is 32.2. The van der Waals surface area contributed by atoms with Crippen LogP contribution in [0.15, 0.2) is 35.2 Å². The first-order valence-corrected chi connectivity index (χ1v) is 10.4. The molecule has 0 radical (unpaired) electrons. The molecule has 1 N–H and O–H groups in total. The summed E-state index contributed by atoms with van der Waals surface area (Å²) in [7, 11) is -0.933. The molecule has 8 heteroatoms. The molecule has 7 nitrogen and oxygen atoms in total. The predicted octanol–water partition coefficient (Wildman–Crippen LogP) is 3.25. The molecule has 0 unspecified atom stereocenters. The summed E-state index contributed by atoms with van der Waals surface area (Å²) in [6, 6.07) is 8.16. The highest BCUT2D eigenvalue weighted by Gasteiger charge is 2.26. The quantitative estimate of drug-likeness (QED) is 0.799. The standard InChI is InChI=1S/C20H24N2O5S/c1-13-10-18(27-4)19(11-14(13)2)28(24,25)21-15-7-8-17(26-3)16(12-15)22-9-5-6-20(22)23/h7-8,10-12,21H,5-6,9H2,1-4H3. The van der Waals surface area contributed by atoms with E-state index < -0.39 is 10.0 Å². The number of carbonyl (C=O) groups is 1. The maximum Gasteiger partial charge on any atom is 0.265 e. The monoisotopic (exact) mass is 404 g/mol. The molecule has 3 rings (SSSR count). The molecule has 2 aromatic rings. The summed E-state index contributed by atoms with van der Waals surface area (Å²) in [5.74, 6) is 0.787. The fourth-order valence-corrected chi connectivity index (χ4v) is 4.50. The number of anilines is 2. The van der Waals surface area contributed by atoms with E-state index in [9.17, 15) is 13.2 Å². The van der Waals surface area contributed by atoms with Crippen molar-refractivity contribution >= 4 is 27.3 Å². The molecule has 0 atom stereocenters. The molecule has 0 aromatic heterocycles. The summed E-state index contributed by atoms with van der Waals surface area (Å²) in [6.45, 7) is 4.32. The number of methoxy groups -OCH3 is 2. The van der Waals surface area contributed by atoms with Crippen molar-refractivity contribution in [3.8, 4) is 11.5 Å². The molecule has 0 bridgehead atoms. The summed E-state index contributed by atoms with van der Waals surface area (Å²) >= 11 is 0. The minimum Gasteiger partial charge on any atom is -0.495 e. The molecule has 2 aromatic carbocycles. The highest BCUT2D eigenvalue weighted by molar-refractivity contribution is 7.92. The average molecular weight is 404 g/mol. The second kappa shape index (κ2) is 7.71. The first-order chi connectivity index (χ1) is 13.3. The highest BCUT2D eigenvalue weighted by Crippen LogP contribution is 2.35. The minimum absolute atomic E-state index is 0.00543. The van der Waals surface area contributed by atoms with Crippen molar-refractivity contribution in [2.75, 3.05) is 30.4 Å². The second-order valence-electron chi connectivity index (χ2n) is 6.73. The number of aryl methyl sites for hydroxylation is 2. The Morgan fingerprint density at radius 2 is 1.68 bits per heavy atom. The Labute approximate surface area is 165 Å². The lowest BCUT2D eigenvalue weighted by molar-refractivity contribution is -0.117. The van der Waals surface area contributed by atoms with Gasteiger partial charge in [-0.05, 0) is 61.7 Å². The molecule has 150 valence electrons. The third kappa shape index (κ3) is 3.77. The van der Waals surface area contributed by atoms with E-state index in [0.29, 0.717) is 30.1 Å². The molecule has 1 saturated heterocycles. The molecule has 28 heavy (non-hydrogen) atoms. The molecule has 0 saturated carbocycles. The van der Waals surface area contributed by atoms with E-state index in [2.05, 4.69) is 4.72 Å². The van der Waals surface area contributed by atoms with Gasteiger partial charge in [-0.1, -0.05) is 0 Å². The van der Waals surface area contributed by atoms with Crippen LogP contribution in [-0.4, -0.2) is 35.1 Å². The molecule has 0 aliphatic carbocycles. The van der Waals surface area contributed by atoms with Crippen LogP contribution in [0.2, 0.25) is 0 Å². The number of amides is 1. The lowest BCUT2D eigenvalue weighted by Crippen LogP contribution is -2.24. The number of carbonyl (C=O) groups excluding carboxylic acids is 1. The third-order valence-electron chi connectivity index (χ3n) is 4.86. The summed E-state index contributed by atoms with van der Waals surface area (Å²) in [5.41, 5.74) is 2.68. The first-order valence-electron chi connectivity index (χ1n) is 8.93. The largest absolute Gasteiger partial charge is 0.495 e. The van der Waals surface area contributed by atoms with E-state index in [1.54, 1.807) is 35.2 Å². The van der Waals surface area contributed by atoms with Gasteiger partial charge in [0.15, 0.2) is 0 Å². The van der Waals surface area contributed by atoms with Crippen LogP contribution < -0.4 is 19.1 Å². The van der Waals surface area contributed by atoms with Crippen molar-refractivity contribution in [2.24, 2.45) is 0 Å². The smallest absolute Gasteiger partial charge is 0.265 e. The maximum absolute atomic E-state index is 13.0. The van der Waals surface area contributed by atoms with Crippen LogP contribution in [0.4, 0.5) is 11.4 Å². The summed E-state index contributed by atoms with van der Waals surface area (Å²) < 4.78 is 39.2. The SMILES string of the molecule is COc1ccc(NS(=O)(=O)c2cc(C)c(C)cc2OC)cc1N1CCCC1=O. The fourth-order valence-electron chi connectivity index (χ4n) is 3.21. The lowest BCUT2D eigenvalue weighted by atomic mass is 10.1. The molecular formula is C20H24N2O5S. The zero-order valence-electron chi connectivity index (χ0n) is 16.4. The number of hydrogen-bond donors (Lipinski definition) is 1. The van der Waals surface area contributed by atoms with E-state index in [0.717, 1.165) is 17.5 Å². The molecule has 1 amide bonds. The Morgan fingerprint density at radius 1 is 1.00 bits per heavy atom. The van der Waals surface area contributed by atoms with Gasteiger partial charge in [0.25, 0.3) is 10.0 Å². The van der Waals surface area contributed by atoms with Crippen molar-refractivity contribution < 1.29 is 22.7 Å². The van der Waals surface area contributed by atoms with Crippen molar-refractivity contribution in [1.29, 1.82) is 0 Å². The van der Waals surface area contributed by atoms with Crippen LogP contribution in [0.3, 0.4) is 0 Å². The van der Waals surface area contributed by atoms with Crippen LogP contribution in [-0.2, 0) is 14.8 Å². The molecule has 1 aliphatic heterocycles. The van der Waals surface area contributed by atoms with E-state index in [-0.39, 0.29) is 16.6 Å². The number of benzene rings is 2. The zero-order valence-corrected chi connectivity index (χ0v) is 17.2. The van der Waals surface area contributed by atoms with Gasteiger partial charge in [-0.2, -0.15) is 0 Å². The van der Waals surface area contributed by atoms with Gasteiger partial charge >= 0.3 is 0 Å². The van der Waals surface area contributed by atoms with Gasteiger partial charge < -0.3 is 14.4 Å². The Bertz CT molecular complexity index is 1020. The van der Waals surface area contributed by atoms with Crippen LogP contribution in [0, 0.1) is 13.8 Å². The molecule has 1 aliphatic rings. The van der Waals surface area contributed by atoms with E-state index in [1.807, 2.05) is 13.8 Å². The lowest BCUT2D eigenvalue weighted by Gasteiger charge is -2.20. The van der Waals surface area contributed by atoms with E-state index >= 15 is 0 Å². The number of hydrogen-bond acceptors (Lipinski definition) is 5. The fraction of sp³-hybridized carbons (Fsp3) is 0.350. The minimum atomic E-state index is -3.89. The second-order valence-corrected chi connectivity index (χ2v) is 8.38. The maximum atomic E-state index is 13.0. The van der Waals surface area contributed by atoms with Crippen LogP contribution in [0.5, 0.6) is 11.5 Å². The van der Waals surface area contributed by atoms with Crippen molar-refractivity contribution in [2.45, 2.75) is 31.6 Å². The van der Waals surface area contributed by atoms with Gasteiger partial charge in [-0.25, -0.2) is 8.42 Å². The van der Waals surface area contributed by atoms with Crippen LogP contribution in [0.1, 0.15) is 24.0 Å². The van der Waals surface area contributed by atoms with Gasteiger partial charge in [0, 0.05) is 13.0 Å². The van der Waals surface area contributed by atoms with Gasteiger partial charge in [-0.15, -0.1) is 0 Å². The van der Waals surface area contributed by atoms with Crippen molar-refractivity contribution in [1.82, 2.24) is 0 Å². The first kappa shape index (κ1) is 20.0. The van der Waals surface area contributed by atoms with Crippen LogP contribution >= 0.6 is 0 Å². The van der Waals surface area contributed by atoms with E-state index in [1.165, 1.54) is 14.2 Å². The Hall–Kier alpha value is -2.74. The normalized spacial score (nSPS) is 14.3. The summed E-state index contributed by atoms with van der Waals surface area (Å²) in [5, 5.41) is 0.